The van der Waals surface area contributed by atoms with E-state index < -0.39 is 5.82 Å². The van der Waals surface area contributed by atoms with Crippen LogP contribution in [0.5, 0.6) is 0 Å². The molecule has 0 radical (unpaired) electrons. The van der Waals surface area contributed by atoms with Gasteiger partial charge in [-0.25, -0.2) is 14.5 Å². The topological polar surface area (TPSA) is 124 Å². The average Bonchev–Trinajstić information content (AvgIpc) is 3.43. The number of aromatic nitrogens is 3. The highest BCUT2D eigenvalue weighted by molar-refractivity contribution is 5.98. The minimum Gasteiger partial charge on any atom is -0.335 e. The Balaban J connectivity index is 1.10. The summed E-state index contributed by atoms with van der Waals surface area (Å²) >= 11 is 0. The first-order chi connectivity index (χ1) is 19.8. The fourth-order valence-electron chi connectivity index (χ4n) is 6.19. The summed E-state index contributed by atoms with van der Waals surface area (Å²) in [7, 11) is 0. The van der Waals surface area contributed by atoms with Gasteiger partial charge in [0.05, 0.1) is 17.0 Å². The van der Waals surface area contributed by atoms with Gasteiger partial charge in [0.25, 0.3) is 11.8 Å². The summed E-state index contributed by atoms with van der Waals surface area (Å²) in [5.41, 5.74) is 8.75. The number of piperidine rings is 1. The molecule has 3 aliphatic rings. The molecule has 3 atom stereocenters. The summed E-state index contributed by atoms with van der Waals surface area (Å²) in [6.07, 6.45) is 2.32. The van der Waals surface area contributed by atoms with Crippen molar-refractivity contribution in [3.05, 3.63) is 58.9 Å². The van der Waals surface area contributed by atoms with E-state index in [9.17, 15) is 18.8 Å². The van der Waals surface area contributed by atoms with Gasteiger partial charge in [0.2, 0.25) is 5.91 Å². The molecular formula is C29H35FN8O3. The van der Waals surface area contributed by atoms with Crippen LogP contribution >= 0.6 is 0 Å². The lowest BCUT2D eigenvalue weighted by molar-refractivity contribution is -0.131. The molecule has 3 aliphatic heterocycles. The Hall–Kier alpha value is -3.90. The zero-order valence-electron chi connectivity index (χ0n) is 23.3. The second-order valence-electron chi connectivity index (χ2n) is 11.4. The van der Waals surface area contributed by atoms with Crippen LogP contribution in [0.3, 0.4) is 0 Å². The third kappa shape index (κ3) is 5.29. The number of hydrogen-bond acceptors (Lipinski definition) is 7. The van der Waals surface area contributed by atoms with E-state index in [2.05, 4.69) is 26.5 Å². The van der Waals surface area contributed by atoms with Crippen LogP contribution in [-0.4, -0.2) is 87.3 Å². The Morgan fingerprint density at radius 2 is 1.80 bits per heavy atom. The molecular weight excluding hydrogens is 527 g/mol. The first-order valence-corrected chi connectivity index (χ1v) is 14.3. The zero-order valence-corrected chi connectivity index (χ0v) is 23.3. The Morgan fingerprint density at radius 1 is 1.05 bits per heavy atom. The van der Waals surface area contributed by atoms with Gasteiger partial charge in [-0.05, 0) is 75.5 Å². The number of halogens is 1. The number of carbonyl (C=O) groups is 3. The Bertz CT molecular complexity index is 1480. The molecule has 3 fully saturated rings. The van der Waals surface area contributed by atoms with Gasteiger partial charge in [0.1, 0.15) is 11.3 Å². The number of nitrogens with one attached hydrogen (secondary N) is 3. The average molecular weight is 563 g/mol. The summed E-state index contributed by atoms with van der Waals surface area (Å²) in [6, 6.07) is 10.1. The van der Waals surface area contributed by atoms with Crippen molar-refractivity contribution >= 4 is 28.8 Å². The van der Waals surface area contributed by atoms with Crippen molar-refractivity contribution in [2.24, 2.45) is 5.92 Å². The number of carbonyl (C=O) groups excluding carboxylic acids is 3. The lowest BCUT2D eigenvalue weighted by Crippen LogP contribution is -2.67. The molecule has 216 valence electrons. The summed E-state index contributed by atoms with van der Waals surface area (Å²) in [4.78, 5) is 42.2. The molecule has 3 aromatic rings. The van der Waals surface area contributed by atoms with Gasteiger partial charge < -0.3 is 15.1 Å². The maximum absolute atomic E-state index is 14.9. The first kappa shape index (κ1) is 27.3. The van der Waals surface area contributed by atoms with Crippen LogP contribution in [0.25, 0.3) is 11.0 Å². The summed E-state index contributed by atoms with van der Waals surface area (Å²) in [6.45, 7) is 6.21. The van der Waals surface area contributed by atoms with Gasteiger partial charge in [-0.3, -0.25) is 19.8 Å². The quantitative estimate of drug-likeness (QED) is 0.432. The van der Waals surface area contributed by atoms with E-state index in [0.29, 0.717) is 43.7 Å². The number of amides is 3. The second kappa shape index (κ2) is 11.2. The number of piperazine rings is 1. The van der Waals surface area contributed by atoms with E-state index in [4.69, 9.17) is 0 Å². The fraction of sp³-hybridized carbons (Fsp3) is 0.483. The van der Waals surface area contributed by atoms with Crippen LogP contribution in [-0.2, 0) is 11.2 Å². The van der Waals surface area contributed by atoms with E-state index in [1.165, 1.54) is 6.07 Å². The molecule has 0 aliphatic carbocycles. The maximum atomic E-state index is 14.9. The maximum Gasteiger partial charge on any atom is 0.256 e. The SMILES string of the molecule is CC(C)n1nnc2cc(C(=O)N3CCN(C(=O)c4cc(CC5NNC(=O)C6CCCNC56)ccc4F)CC3)ccc21. The molecule has 3 unspecified atom stereocenters. The van der Waals surface area contributed by atoms with E-state index in [0.717, 1.165) is 30.5 Å². The highest BCUT2D eigenvalue weighted by Gasteiger charge is 2.40. The molecule has 11 nitrogen and oxygen atoms in total. The molecule has 1 aromatic heterocycles. The third-order valence-electron chi connectivity index (χ3n) is 8.43. The molecule has 3 saturated heterocycles. The van der Waals surface area contributed by atoms with E-state index in [1.807, 2.05) is 24.6 Å². The molecule has 41 heavy (non-hydrogen) atoms. The predicted octanol–water partition coefficient (Wildman–Crippen LogP) is 1.66. The minimum atomic E-state index is -0.571. The van der Waals surface area contributed by atoms with Gasteiger partial charge in [-0.1, -0.05) is 11.3 Å². The molecule has 2 aromatic carbocycles. The summed E-state index contributed by atoms with van der Waals surface area (Å²) < 4.78 is 16.7. The molecule has 0 bridgehead atoms. The van der Waals surface area contributed by atoms with Crippen LogP contribution in [0.2, 0.25) is 0 Å². The molecule has 3 amide bonds. The van der Waals surface area contributed by atoms with Crippen molar-refractivity contribution < 1.29 is 18.8 Å². The molecule has 12 heteroatoms. The highest BCUT2D eigenvalue weighted by Crippen LogP contribution is 2.25. The number of benzene rings is 2. The van der Waals surface area contributed by atoms with Crippen molar-refractivity contribution in [3.63, 3.8) is 0 Å². The predicted molar refractivity (Wildman–Crippen MR) is 149 cm³/mol. The fourth-order valence-corrected chi connectivity index (χ4v) is 6.19. The first-order valence-electron chi connectivity index (χ1n) is 14.3. The lowest BCUT2D eigenvalue weighted by atomic mass is 9.82. The zero-order chi connectivity index (χ0) is 28.7. The number of hydrazine groups is 1. The number of nitrogens with zero attached hydrogens (tertiary/aromatic N) is 5. The molecule has 0 saturated carbocycles. The van der Waals surface area contributed by atoms with Crippen molar-refractivity contribution in [1.82, 2.24) is 41.0 Å². The van der Waals surface area contributed by atoms with Crippen LogP contribution in [0.4, 0.5) is 4.39 Å². The molecule has 6 rings (SSSR count). The van der Waals surface area contributed by atoms with E-state index in [1.54, 1.807) is 34.1 Å². The van der Waals surface area contributed by atoms with Crippen molar-refractivity contribution in [3.8, 4) is 0 Å². The van der Waals surface area contributed by atoms with E-state index >= 15 is 0 Å². The Morgan fingerprint density at radius 3 is 2.56 bits per heavy atom. The van der Waals surface area contributed by atoms with Crippen LogP contribution in [0.1, 0.15) is 59.0 Å². The van der Waals surface area contributed by atoms with Crippen molar-refractivity contribution in [1.29, 1.82) is 0 Å². The van der Waals surface area contributed by atoms with Gasteiger partial charge >= 0.3 is 0 Å². The number of hydrogen-bond donors (Lipinski definition) is 3. The molecule has 3 N–H and O–H groups in total. The van der Waals surface area contributed by atoms with Gasteiger partial charge in [0.15, 0.2) is 0 Å². The van der Waals surface area contributed by atoms with Crippen LogP contribution in [0, 0.1) is 11.7 Å². The number of fused-ring (bicyclic) bond motifs is 2. The molecule has 0 spiro atoms. The molecule has 4 heterocycles. The van der Waals surface area contributed by atoms with Crippen molar-refractivity contribution in [2.75, 3.05) is 32.7 Å². The monoisotopic (exact) mass is 562 g/mol. The summed E-state index contributed by atoms with van der Waals surface area (Å²) in [5.74, 6) is -1.20. The highest BCUT2D eigenvalue weighted by atomic mass is 19.1. The smallest absolute Gasteiger partial charge is 0.256 e. The van der Waals surface area contributed by atoms with Crippen LogP contribution in [0.15, 0.2) is 36.4 Å². The normalized spacial score (nSPS) is 23.0. The third-order valence-corrected chi connectivity index (χ3v) is 8.43. The second-order valence-corrected chi connectivity index (χ2v) is 11.4. The standard InChI is InChI=1S/C29H35FN8O3/c1-17(2)38-25-8-6-19(16-23(25)33-35-38)28(40)36-10-12-37(13-11-36)29(41)21-14-18(5-7-22(21)30)15-24-26-20(4-3-9-31-26)27(39)34-32-24/h5-8,14,16-17,20,24,26,31-32H,3-4,9-13,15H2,1-2H3,(H,34,39). The summed E-state index contributed by atoms with van der Waals surface area (Å²) in [5, 5.41) is 11.8. The van der Waals surface area contributed by atoms with Gasteiger partial charge in [-0.2, -0.15) is 0 Å². The largest absolute Gasteiger partial charge is 0.335 e. The van der Waals surface area contributed by atoms with Crippen LogP contribution < -0.4 is 16.2 Å². The van der Waals surface area contributed by atoms with Gasteiger partial charge in [0, 0.05) is 49.9 Å². The Kier molecular flexibility index (Phi) is 7.43. The Labute approximate surface area is 237 Å². The number of rotatable bonds is 5. The van der Waals surface area contributed by atoms with Crippen molar-refractivity contribution in [2.45, 2.75) is 51.2 Å². The van der Waals surface area contributed by atoms with Gasteiger partial charge in [-0.15, -0.1) is 5.10 Å². The lowest BCUT2D eigenvalue weighted by Gasteiger charge is -2.41. The minimum absolute atomic E-state index is 0.00879. The van der Waals surface area contributed by atoms with E-state index in [-0.39, 0.29) is 47.3 Å².